The average molecular weight is 263 g/mol. The molecule has 0 aromatic carbocycles. The summed E-state index contributed by atoms with van der Waals surface area (Å²) in [5.41, 5.74) is 0. The van der Waals surface area contributed by atoms with Crippen LogP contribution in [0.4, 0.5) is 6.01 Å². The summed E-state index contributed by atoms with van der Waals surface area (Å²) in [5, 5.41) is 15.3. The molecule has 1 amide bonds. The molecule has 1 aromatic rings. The number of rotatable bonds is 3. The van der Waals surface area contributed by atoms with Crippen LogP contribution in [0.1, 0.15) is 12.2 Å². The first-order valence-corrected chi connectivity index (χ1v) is 6.08. The Morgan fingerprint density at radius 2 is 2.05 bits per heavy atom. The molecule has 1 fully saturated rings. The molecule has 2 bridgehead atoms. The van der Waals surface area contributed by atoms with Gasteiger partial charge in [-0.05, 0) is 25.2 Å². The van der Waals surface area contributed by atoms with Crippen molar-refractivity contribution in [1.82, 2.24) is 10.1 Å². The van der Waals surface area contributed by atoms with Crippen LogP contribution in [0.15, 0.2) is 16.7 Å². The van der Waals surface area contributed by atoms with Gasteiger partial charge in [-0.25, -0.2) is 0 Å². The van der Waals surface area contributed by atoms with E-state index in [4.69, 9.17) is 4.52 Å². The molecule has 1 heterocycles. The van der Waals surface area contributed by atoms with Gasteiger partial charge in [0.15, 0.2) is 5.82 Å². The highest BCUT2D eigenvalue weighted by Gasteiger charge is 2.51. The van der Waals surface area contributed by atoms with Crippen LogP contribution in [0.5, 0.6) is 0 Å². The largest absolute Gasteiger partial charge is 0.481 e. The van der Waals surface area contributed by atoms with Gasteiger partial charge in [-0.2, -0.15) is 4.98 Å². The summed E-state index contributed by atoms with van der Waals surface area (Å²) >= 11 is 0. The molecule has 1 saturated carbocycles. The van der Waals surface area contributed by atoms with Gasteiger partial charge in [-0.1, -0.05) is 17.3 Å². The number of allylic oxidation sites excluding steroid dienone is 2. The number of hydrogen-bond donors (Lipinski definition) is 2. The zero-order chi connectivity index (χ0) is 13.6. The number of carboxylic acid groups (broad SMARTS) is 1. The standard InChI is InChI=1S/C12H13N3O4/c1-5-13-12(19-15-5)14-10(16)8-6-2-3-7(4-6)9(8)11(17)18/h2-3,6-9H,4H2,1H3,(H,17,18)(H,13,14,15,16). The lowest BCUT2D eigenvalue weighted by atomic mass is 9.82. The van der Waals surface area contributed by atoms with Gasteiger partial charge in [0.2, 0.25) is 5.91 Å². The molecule has 7 nitrogen and oxygen atoms in total. The molecule has 0 radical (unpaired) electrons. The molecule has 1 aromatic heterocycles. The third kappa shape index (κ3) is 1.91. The van der Waals surface area contributed by atoms with Crippen LogP contribution in [0.25, 0.3) is 0 Å². The Morgan fingerprint density at radius 3 is 2.63 bits per heavy atom. The Balaban J connectivity index is 1.79. The smallest absolute Gasteiger partial charge is 0.328 e. The van der Waals surface area contributed by atoms with E-state index in [1.807, 2.05) is 12.2 Å². The van der Waals surface area contributed by atoms with Crippen molar-refractivity contribution in [2.45, 2.75) is 13.3 Å². The number of carboxylic acids is 1. The van der Waals surface area contributed by atoms with Gasteiger partial charge in [0, 0.05) is 0 Å². The van der Waals surface area contributed by atoms with Crippen LogP contribution < -0.4 is 5.32 Å². The molecule has 0 saturated heterocycles. The van der Waals surface area contributed by atoms with E-state index in [0.717, 1.165) is 6.42 Å². The van der Waals surface area contributed by atoms with Crippen molar-refractivity contribution in [1.29, 1.82) is 0 Å². The lowest BCUT2D eigenvalue weighted by molar-refractivity contribution is -0.146. The van der Waals surface area contributed by atoms with Gasteiger partial charge in [0.05, 0.1) is 11.8 Å². The highest BCUT2D eigenvalue weighted by molar-refractivity contribution is 5.94. The average Bonchev–Trinajstić information content (AvgIpc) is 3.03. The molecule has 4 unspecified atom stereocenters. The summed E-state index contributed by atoms with van der Waals surface area (Å²) in [7, 11) is 0. The minimum atomic E-state index is -0.932. The number of aromatic nitrogens is 2. The summed E-state index contributed by atoms with van der Waals surface area (Å²) in [6.45, 7) is 1.64. The number of aryl methyl sites for hydroxylation is 1. The van der Waals surface area contributed by atoms with E-state index in [2.05, 4.69) is 15.5 Å². The Labute approximate surface area is 108 Å². The summed E-state index contributed by atoms with van der Waals surface area (Å²) in [6, 6.07) is 0.0124. The Morgan fingerprint density at radius 1 is 1.37 bits per heavy atom. The van der Waals surface area contributed by atoms with Gasteiger partial charge in [0.1, 0.15) is 0 Å². The third-order valence-corrected chi connectivity index (χ3v) is 3.80. The van der Waals surface area contributed by atoms with E-state index < -0.39 is 17.8 Å². The van der Waals surface area contributed by atoms with E-state index in [-0.39, 0.29) is 23.8 Å². The third-order valence-electron chi connectivity index (χ3n) is 3.80. The normalized spacial score (nSPS) is 31.6. The summed E-state index contributed by atoms with van der Waals surface area (Å²) in [5.74, 6) is -2.19. The first-order chi connectivity index (χ1) is 9.06. The van der Waals surface area contributed by atoms with Crippen LogP contribution in [0.3, 0.4) is 0 Å². The second-order valence-corrected chi connectivity index (χ2v) is 4.97. The van der Waals surface area contributed by atoms with Crippen molar-refractivity contribution in [2.75, 3.05) is 5.32 Å². The number of carbonyl (C=O) groups is 2. The molecule has 7 heteroatoms. The van der Waals surface area contributed by atoms with Gasteiger partial charge in [-0.15, -0.1) is 0 Å². The van der Waals surface area contributed by atoms with E-state index in [1.54, 1.807) is 6.92 Å². The van der Waals surface area contributed by atoms with Crippen LogP contribution in [-0.2, 0) is 9.59 Å². The van der Waals surface area contributed by atoms with Gasteiger partial charge in [-0.3, -0.25) is 14.9 Å². The minimum Gasteiger partial charge on any atom is -0.481 e. The summed E-state index contributed by atoms with van der Waals surface area (Å²) in [4.78, 5) is 27.4. The molecular formula is C12H13N3O4. The quantitative estimate of drug-likeness (QED) is 0.783. The number of nitrogens with one attached hydrogen (secondary N) is 1. The van der Waals surface area contributed by atoms with Crippen molar-refractivity contribution < 1.29 is 19.2 Å². The van der Waals surface area contributed by atoms with Crippen molar-refractivity contribution in [3.63, 3.8) is 0 Å². The zero-order valence-corrected chi connectivity index (χ0v) is 10.2. The number of amides is 1. The highest BCUT2D eigenvalue weighted by Crippen LogP contribution is 2.48. The Kier molecular flexibility index (Phi) is 2.62. The van der Waals surface area contributed by atoms with E-state index in [0.29, 0.717) is 5.82 Å². The van der Waals surface area contributed by atoms with Crippen LogP contribution in [-0.4, -0.2) is 27.1 Å². The molecule has 19 heavy (non-hydrogen) atoms. The monoisotopic (exact) mass is 263 g/mol. The molecular weight excluding hydrogens is 250 g/mol. The summed E-state index contributed by atoms with van der Waals surface area (Å²) < 4.78 is 4.81. The maximum Gasteiger partial charge on any atom is 0.328 e. The predicted octanol–water partition coefficient (Wildman–Crippen LogP) is 0.839. The van der Waals surface area contributed by atoms with Gasteiger partial charge < -0.3 is 9.63 Å². The minimum absolute atomic E-state index is 0.0124. The number of anilines is 1. The molecule has 2 aliphatic carbocycles. The van der Waals surface area contributed by atoms with Crippen LogP contribution in [0.2, 0.25) is 0 Å². The first kappa shape index (κ1) is 11.9. The van der Waals surface area contributed by atoms with Crippen molar-refractivity contribution in [3.8, 4) is 0 Å². The van der Waals surface area contributed by atoms with Crippen LogP contribution in [0, 0.1) is 30.6 Å². The van der Waals surface area contributed by atoms with Crippen molar-refractivity contribution in [3.05, 3.63) is 18.0 Å². The lowest BCUT2D eigenvalue weighted by Gasteiger charge is -2.22. The van der Waals surface area contributed by atoms with Crippen LogP contribution >= 0.6 is 0 Å². The first-order valence-electron chi connectivity index (χ1n) is 6.08. The fourth-order valence-electron chi connectivity index (χ4n) is 3.05. The molecule has 0 aliphatic heterocycles. The number of carbonyl (C=O) groups excluding carboxylic acids is 1. The maximum absolute atomic E-state index is 12.2. The number of fused-ring (bicyclic) bond motifs is 2. The van der Waals surface area contributed by atoms with Crippen molar-refractivity contribution in [2.24, 2.45) is 23.7 Å². The molecule has 0 spiro atoms. The molecule has 2 aliphatic rings. The van der Waals surface area contributed by atoms with E-state index in [1.165, 1.54) is 0 Å². The number of nitrogens with zero attached hydrogens (tertiary/aromatic N) is 2. The Hall–Kier alpha value is -2.18. The molecule has 2 N–H and O–H groups in total. The SMILES string of the molecule is Cc1noc(NC(=O)C2C3C=CC(C3)C2C(=O)O)n1. The van der Waals surface area contributed by atoms with Crippen molar-refractivity contribution >= 4 is 17.9 Å². The maximum atomic E-state index is 12.2. The highest BCUT2D eigenvalue weighted by atomic mass is 16.5. The molecule has 100 valence electrons. The summed E-state index contributed by atoms with van der Waals surface area (Å²) in [6.07, 6.45) is 4.54. The van der Waals surface area contributed by atoms with E-state index in [9.17, 15) is 14.7 Å². The lowest BCUT2D eigenvalue weighted by Crippen LogP contribution is -2.36. The number of aliphatic carboxylic acids is 1. The van der Waals surface area contributed by atoms with E-state index >= 15 is 0 Å². The topological polar surface area (TPSA) is 105 Å². The fraction of sp³-hybridized carbons (Fsp3) is 0.500. The molecule has 4 atom stereocenters. The second kappa shape index (κ2) is 4.18. The molecule has 3 rings (SSSR count). The fourth-order valence-corrected chi connectivity index (χ4v) is 3.05. The van der Waals surface area contributed by atoms with Gasteiger partial charge >= 0.3 is 12.0 Å². The Bertz CT molecular complexity index is 565. The predicted molar refractivity (Wildman–Crippen MR) is 63.0 cm³/mol. The van der Waals surface area contributed by atoms with Gasteiger partial charge in [0.25, 0.3) is 0 Å². The second-order valence-electron chi connectivity index (χ2n) is 4.97. The zero-order valence-electron chi connectivity index (χ0n) is 10.2. The number of hydrogen-bond acceptors (Lipinski definition) is 5.